The van der Waals surface area contributed by atoms with Crippen LogP contribution in [-0.2, 0) is 19.0 Å². The van der Waals surface area contributed by atoms with Crippen molar-refractivity contribution in [2.45, 2.75) is 11.6 Å². The maximum absolute atomic E-state index is 5.26. The Balaban J connectivity index is 0.00000147. The summed E-state index contributed by atoms with van der Waals surface area (Å²) >= 11 is 5.26. The molecule has 0 N–H and O–H groups in total. The van der Waals surface area contributed by atoms with Gasteiger partial charge in [0.25, 0.3) is 0 Å². The Labute approximate surface area is 145 Å². The number of rotatable bonds is 3. The van der Waals surface area contributed by atoms with Crippen molar-refractivity contribution in [1.82, 2.24) is 14.8 Å². The third-order valence-electron chi connectivity index (χ3n) is 2.92. The molecule has 0 aliphatic rings. The van der Waals surface area contributed by atoms with E-state index in [2.05, 4.69) is 22.3 Å². The van der Waals surface area contributed by atoms with Crippen molar-refractivity contribution in [2.24, 2.45) is 0 Å². The first-order valence-corrected chi connectivity index (χ1v) is 6.46. The van der Waals surface area contributed by atoms with Gasteiger partial charge in [0.05, 0.1) is 0 Å². The van der Waals surface area contributed by atoms with Crippen LogP contribution in [0.4, 0.5) is 0 Å². The fraction of sp³-hybridized carbons (Fsp3) is 0.0667. The van der Waals surface area contributed by atoms with E-state index in [1.165, 1.54) is 5.56 Å². The van der Waals surface area contributed by atoms with Crippen LogP contribution in [-0.4, -0.2) is 14.8 Å². The van der Waals surface area contributed by atoms with Crippen molar-refractivity contribution >= 4 is 12.6 Å². The number of para-hydroxylation sites is 1. The van der Waals surface area contributed by atoms with Gasteiger partial charge in [0.1, 0.15) is 5.82 Å². The summed E-state index contributed by atoms with van der Waals surface area (Å²) in [5, 5.41) is 8.71. The standard InChI is InChI=1S/C15H13N3S.Na/c19-15-17-16-14(11-12-7-3-1-4-8-12)18(15)13-9-5-2-6-10-13;/h1-10H,11H2,(H,17,19);/q;+1/p-1. The Morgan fingerprint density at radius 3 is 2.10 bits per heavy atom. The summed E-state index contributed by atoms with van der Waals surface area (Å²) in [5.41, 5.74) is 2.20. The van der Waals surface area contributed by atoms with Crippen LogP contribution < -0.4 is 29.6 Å². The third kappa shape index (κ3) is 3.27. The maximum atomic E-state index is 5.26. The molecular weight excluding hydrogens is 277 g/mol. The molecule has 0 aliphatic carbocycles. The third-order valence-corrected chi connectivity index (χ3v) is 3.18. The first kappa shape index (κ1) is 15.2. The number of hydrogen-bond donors (Lipinski definition) is 0. The second-order valence-electron chi connectivity index (χ2n) is 4.23. The minimum absolute atomic E-state index is 0. The Bertz CT molecular complexity index is 668. The summed E-state index contributed by atoms with van der Waals surface area (Å²) in [7, 11) is 0. The first-order chi connectivity index (χ1) is 9.34. The van der Waals surface area contributed by atoms with Crippen molar-refractivity contribution in [1.29, 1.82) is 0 Å². The van der Waals surface area contributed by atoms with Crippen LogP contribution in [0.3, 0.4) is 0 Å². The number of aromatic nitrogens is 3. The Hall–Kier alpha value is -1.20. The van der Waals surface area contributed by atoms with E-state index < -0.39 is 0 Å². The van der Waals surface area contributed by atoms with Crippen LogP contribution in [0.2, 0.25) is 0 Å². The average molecular weight is 289 g/mol. The number of benzene rings is 2. The smallest absolute Gasteiger partial charge is 0.740 e. The molecule has 0 radical (unpaired) electrons. The van der Waals surface area contributed by atoms with E-state index in [1.54, 1.807) is 0 Å². The van der Waals surface area contributed by atoms with Gasteiger partial charge in [0.15, 0.2) is 0 Å². The van der Waals surface area contributed by atoms with E-state index in [0.717, 1.165) is 17.9 Å². The largest absolute Gasteiger partial charge is 1.00 e. The molecule has 3 nitrogen and oxygen atoms in total. The quantitative estimate of drug-likeness (QED) is 0.493. The molecule has 5 heteroatoms. The van der Waals surface area contributed by atoms with Crippen LogP contribution >= 0.6 is 0 Å². The van der Waals surface area contributed by atoms with E-state index in [1.807, 2.05) is 53.1 Å². The van der Waals surface area contributed by atoms with E-state index in [4.69, 9.17) is 12.6 Å². The average Bonchev–Trinajstić information content (AvgIpc) is 2.82. The van der Waals surface area contributed by atoms with Gasteiger partial charge < -0.3 is 17.2 Å². The summed E-state index contributed by atoms with van der Waals surface area (Å²) in [5.74, 6) is 0.863. The van der Waals surface area contributed by atoms with Gasteiger partial charge in [-0.3, -0.25) is 0 Å². The second kappa shape index (κ2) is 6.99. The molecule has 0 atom stereocenters. The van der Waals surface area contributed by atoms with Crippen LogP contribution in [0, 0.1) is 0 Å². The molecule has 1 heterocycles. The van der Waals surface area contributed by atoms with Crippen LogP contribution in [0.5, 0.6) is 0 Å². The van der Waals surface area contributed by atoms with Crippen molar-refractivity contribution in [2.75, 3.05) is 0 Å². The topological polar surface area (TPSA) is 30.7 Å². The van der Waals surface area contributed by atoms with Crippen LogP contribution in [0.25, 0.3) is 5.69 Å². The predicted octanol–water partition coefficient (Wildman–Crippen LogP) is -0.232. The molecule has 94 valence electrons. The van der Waals surface area contributed by atoms with Gasteiger partial charge in [0.2, 0.25) is 0 Å². The second-order valence-corrected chi connectivity index (χ2v) is 4.60. The Morgan fingerprint density at radius 1 is 0.850 bits per heavy atom. The summed E-state index contributed by atoms with van der Waals surface area (Å²) in [6, 6.07) is 20.2. The predicted molar refractivity (Wildman–Crippen MR) is 76.2 cm³/mol. The first-order valence-electron chi connectivity index (χ1n) is 6.05. The molecule has 0 fully saturated rings. The van der Waals surface area contributed by atoms with Crippen LogP contribution in [0.15, 0.2) is 65.8 Å². The Morgan fingerprint density at radius 2 is 1.45 bits per heavy atom. The van der Waals surface area contributed by atoms with Gasteiger partial charge in [-0.2, -0.15) is 5.10 Å². The monoisotopic (exact) mass is 289 g/mol. The van der Waals surface area contributed by atoms with E-state index in [0.29, 0.717) is 5.16 Å². The minimum Gasteiger partial charge on any atom is -0.740 e. The van der Waals surface area contributed by atoms with E-state index in [-0.39, 0.29) is 29.6 Å². The maximum Gasteiger partial charge on any atom is 1.00 e. The fourth-order valence-electron chi connectivity index (χ4n) is 2.03. The molecule has 0 amide bonds. The Kier molecular flexibility index (Phi) is 5.31. The summed E-state index contributed by atoms with van der Waals surface area (Å²) in [4.78, 5) is 0. The number of nitrogens with zero attached hydrogens (tertiary/aromatic N) is 3. The zero-order valence-corrected chi connectivity index (χ0v) is 14.0. The molecule has 0 spiro atoms. The molecule has 20 heavy (non-hydrogen) atoms. The zero-order valence-electron chi connectivity index (χ0n) is 11.2. The van der Waals surface area contributed by atoms with E-state index in [9.17, 15) is 0 Å². The normalized spacial score (nSPS) is 10.0. The van der Waals surface area contributed by atoms with Gasteiger partial charge in [-0.05, 0) is 17.7 Å². The SMILES string of the molecule is [Na+].[S-]c1nnc(Cc2ccccc2)n1-c1ccccc1. The molecule has 0 saturated carbocycles. The van der Waals surface area contributed by atoms with Crippen LogP contribution in [0.1, 0.15) is 11.4 Å². The van der Waals surface area contributed by atoms with Gasteiger partial charge in [-0.15, -0.1) is 5.10 Å². The molecule has 2 aromatic carbocycles. The summed E-state index contributed by atoms with van der Waals surface area (Å²) in [6.07, 6.45) is 0.722. The minimum atomic E-state index is 0. The molecule has 0 bridgehead atoms. The van der Waals surface area contributed by atoms with Gasteiger partial charge in [0, 0.05) is 17.3 Å². The molecule has 1 aromatic heterocycles. The molecule has 0 unspecified atom stereocenters. The number of hydrogen-bond acceptors (Lipinski definition) is 3. The van der Waals surface area contributed by atoms with Crippen molar-refractivity contribution in [3.05, 3.63) is 72.1 Å². The summed E-state index contributed by atoms with van der Waals surface area (Å²) < 4.78 is 1.92. The molecular formula is C15H12N3NaS. The molecule has 0 aliphatic heterocycles. The van der Waals surface area contributed by atoms with Crippen molar-refractivity contribution in [3.8, 4) is 5.69 Å². The van der Waals surface area contributed by atoms with Gasteiger partial charge >= 0.3 is 29.6 Å². The molecule has 0 saturated heterocycles. The zero-order chi connectivity index (χ0) is 13.1. The fourth-order valence-corrected chi connectivity index (χ4v) is 2.28. The van der Waals surface area contributed by atoms with Crippen molar-refractivity contribution in [3.63, 3.8) is 0 Å². The van der Waals surface area contributed by atoms with Crippen molar-refractivity contribution < 1.29 is 29.6 Å². The van der Waals surface area contributed by atoms with Gasteiger partial charge in [-0.25, -0.2) is 0 Å². The molecule has 3 rings (SSSR count). The molecule has 3 aromatic rings. The summed E-state index contributed by atoms with van der Waals surface area (Å²) in [6.45, 7) is 0. The van der Waals surface area contributed by atoms with Gasteiger partial charge in [-0.1, -0.05) is 48.5 Å². The van der Waals surface area contributed by atoms with E-state index >= 15 is 0 Å².